The van der Waals surface area contributed by atoms with E-state index in [9.17, 15) is 9.59 Å². The van der Waals surface area contributed by atoms with Crippen LogP contribution in [0.4, 0.5) is 0 Å². The molecule has 0 saturated carbocycles. The van der Waals surface area contributed by atoms with Gasteiger partial charge in [0.15, 0.2) is 0 Å². The van der Waals surface area contributed by atoms with E-state index in [1.54, 1.807) is 29.2 Å². The van der Waals surface area contributed by atoms with Crippen molar-refractivity contribution >= 4 is 23.4 Å². The summed E-state index contributed by atoms with van der Waals surface area (Å²) in [6.45, 7) is 5.56. The Morgan fingerprint density at radius 1 is 0.906 bits per heavy atom. The van der Waals surface area contributed by atoms with E-state index in [0.717, 1.165) is 11.3 Å². The number of amides is 2. The Kier molecular flexibility index (Phi) is 8.12. The molecule has 0 aliphatic carbocycles. The number of benzene rings is 2. The van der Waals surface area contributed by atoms with Crippen LogP contribution >= 0.6 is 11.6 Å². The molecule has 0 aliphatic heterocycles. The third kappa shape index (κ3) is 6.47. The summed E-state index contributed by atoms with van der Waals surface area (Å²) in [6.07, 6.45) is 1.97. The van der Waals surface area contributed by atoms with Gasteiger partial charge in [-0.25, -0.2) is 0 Å². The highest BCUT2D eigenvalue weighted by molar-refractivity contribution is 6.30. The van der Waals surface area contributed by atoms with Gasteiger partial charge in [-0.3, -0.25) is 9.59 Å². The van der Waals surface area contributed by atoms with Gasteiger partial charge < -0.3 is 14.4 Å². The molecule has 1 heterocycles. The Hall–Kier alpha value is -3.05. The fourth-order valence-corrected chi connectivity index (χ4v) is 3.72. The lowest BCUT2D eigenvalue weighted by molar-refractivity contribution is -0.133. The van der Waals surface area contributed by atoms with Crippen LogP contribution in [-0.4, -0.2) is 39.3 Å². The lowest BCUT2D eigenvalue weighted by Crippen LogP contribution is -2.44. The topological polar surface area (TPSA) is 45.6 Å². The fourth-order valence-electron chi connectivity index (χ4n) is 3.59. The summed E-state index contributed by atoms with van der Waals surface area (Å²) in [4.78, 5) is 30.1. The van der Waals surface area contributed by atoms with Gasteiger partial charge in [0.2, 0.25) is 5.91 Å². The quantitative estimate of drug-likeness (QED) is 0.459. The summed E-state index contributed by atoms with van der Waals surface area (Å²) in [5.74, 6) is -0.0187. The van der Waals surface area contributed by atoms with Crippen LogP contribution in [0.3, 0.4) is 0 Å². The number of aromatic nitrogens is 1. The van der Waals surface area contributed by atoms with Gasteiger partial charge in [0, 0.05) is 42.6 Å². The van der Waals surface area contributed by atoms with Crippen molar-refractivity contribution in [3.05, 3.63) is 94.8 Å². The monoisotopic (exact) mass is 451 g/mol. The van der Waals surface area contributed by atoms with E-state index in [-0.39, 0.29) is 24.3 Å². The molecule has 6 heteroatoms. The molecular formula is C26H30ClN3O2. The number of hydrogen-bond acceptors (Lipinski definition) is 2. The number of aryl methyl sites for hydroxylation is 1. The first-order chi connectivity index (χ1) is 15.3. The minimum absolute atomic E-state index is 0.0247. The summed E-state index contributed by atoms with van der Waals surface area (Å²) in [6, 6.07) is 20.7. The number of nitrogens with zero attached hydrogens (tertiary/aromatic N) is 3. The van der Waals surface area contributed by atoms with Gasteiger partial charge in [-0.1, -0.05) is 55.8 Å². The van der Waals surface area contributed by atoms with Crippen LogP contribution in [0, 0.1) is 5.92 Å². The van der Waals surface area contributed by atoms with Crippen LogP contribution in [0.2, 0.25) is 5.02 Å². The Morgan fingerprint density at radius 2 is 1.59 bits per heavy atom. The Bertz CT molecular complexity index is 1030. The molecule has 0 radical (unpaired) electrons. The molecule has 0 unspecified atom stereocenters. The van der Waals surface area contributed by atoms with E-state index in [1.807, 2.05) is 79.0 Å². The van der Waals surface area contributed by atoms with Crippen LogP contribution in [0.5, 0.6) is 0 Å². The highest BCUT2D eigenvalue weighted by atomic mass is 35.5. The maximum Gasteiger partial charge on any atom is 0.254 e. The third-order valence-corrected chi connectivity index (χ3v) is 5.52. The predicted octanol–water partition coefficient (Wildman–Crippen LogP) is 5.01. The van der Waals surface area contributed by atoms with Gasteiger partial charge in [0.25, 0.3) is 5.91 Å². The van der Waals surface area contributed by atoms with Crippen molar-refractivity contribution in [2.45, 2.75) is 26.9 Å². The van der Waals surface area contributed by atoms with Crippen molar-refractivity contribution in [3.8, 4) is 0 Å². The van der Waals surface area contributed by atoms with Crippen molar-refractivity contribution < 1.29 is 9.59 Å². The number of halogens is 1. The molecule has 5 nitrogen and oxygen atoms in total. The molecule has 3 rings (SSSR count). The van der Waals surface area contributed by atoms with Crippen LogP contribution in [-0.2, 0) is 24.9 Å². The molecule has 32 heavy (non-hydrogen) atoms. The van der Waals surface area contributed by atoms with Crippen LogP contribution < -0.4 is 0 Å². The van der Waals surface area contributed by atoms with Gasteiger partial charge in [0.1, 0.15) is 6.54 Å². The summed E-state index contributed by atoms with van der Waals surface area (Å²) in [7, 11) is 1.97. The van der Waals surface area contributed by atoms with E-state index in [0.29, 0.717) is 30.2 Å². The normalized spacial score (nSPS) is 10.9. The molecule has 2 amide bonds. The number of carbonyl (C=O) groups is 2. The molecule has 0 N–H and O–H groups in total. The van der Waals surface area contributed by atoms with Gasteiger partial charge in [-0.15, -0.1) is 0 Å². The van der Waals surface area contributed by atoms with Gasteiger partial charge in [0.05, 0.1) is 6.54 Å². The number of rotatable bonds is 9. The second-order valence-electron chi connectivity index (χ2n) is 8.43. The Labute approximate surface area is 195 Å². The van der Waals surface area contributed by atoms with E-state index >= 15 is 0 Å². The smallest absolute Gasteiger partial charge is 0.254 e. The summed E-state index contributed by atoms with van der Waals surface area (Å²) >= 11 is 5.98. The zero-order valence-corrected chi connectivity index (χ0v) is 19.6. The molecule has 0 spiro atoms. The molecule has 0 saturated heterocycles. The van der Waals surface area contributed by atoms with Crippen LogP contribution in [0.25, 0.3) is 0 Å². The minimum Gasteiger partial charge on any atom is -0.353 e. The molecule has 0 atom stereocenters. The Morgan fingerprint density at radius 3 is 2.19 bits per heavy atom. The molecule has 0 aliphatic rings. The fraction of sp³-hybridized carbons (Fsp3) is 0.308. The zero-order chi connectivity index (χ0) is 23.1. The van der Waals surface area contributed by atoms with Crippen molar-refractivity contribution in [2.75, 3.05) is 13.1 Å². The van der Waals surface area contributed by atoms with Gasteiger partial charge in [-0.05, 0) is 47.9 Å². The van der Waals surface area contributed by atoms with Crippen LogP contribution in [0.15, 0.2) is 72.9 Å². The predicted molar refractivity (Wildman–Crippen MR) is 128 cm³/mol. The average molecular weight is 452 g/mol. The molecule has 1 aromatic heterocycles. The maximum absolute atomic E-state index is 13.5. The van der Waals surface area contributed by atoms with Crippen molar-refractivity contribution in [1.82, 2.24) is 14.4 Å². The molecular weight excluding hydrogens is 422 g/mol. The van der Waals surface area contributed by atoms with E-state index in [2.05, 4.69) is 0 Å². The van der Waals surface area contributed by atoms with Crippen molar-refractivity contribution in [2.24, 2.45) is 13.0 Å². The molecule has 3 aromatic rings. The van der Waals surface area contributed by atoms with Gasteiger partial charge >= 0.3 is 0 Å². The third-order valence-electron chi connectivity index (χ3n) is 5.26. The summed E-state index contributed by atoms with van der Waals surface area (Å²) in [5.41, 5.74) is 2.61. The lowest BCUT2D eigenvalue weighted by atomic mass is 10.1. The summed E-state index contributed by atoms with van der Waals surface area (Å²) < 4.78 is 2.01. The standard InChI is InChI=1S/C26H30ClN3O2/c1-20(2)16-30(26(32)22-11-13-23(27)14-12-22)19-25(31)29(17-21-8-5-4-6-9-21)18-24-10-7-15-28(24)3/h4-15,20H,16-19H2,1-3H3. The molecule has 0 fully saturated rings. The first-order valence-electron chi connectivity index (χ1n) is 10.8. The van der Waals surface area contributed by atoms with E-state index in [1.165, 1.54) is 0 Å². The summed E-state index contributed by atoms with van der Waals surface area (Å²) in [5, 5.41) is 0.574. The number of hydrogen-bond donors (Lipinski definition) is 0. The maximum atomic E-state index is 13.5. The van der Waals surface area contributed by atoms with Crippen molar-refractivity contribution in [1.29, 1.82) is 0 Å². The molecule has 0 bridgehead atoms. The molecule has 2 aromatic carbocycles. The average Bonchev–Trinajstić information content (AvgIpc) is 3.17. The Balaban J connectivity index is 1.82. The van der Waals surface area contributed by atoms with E-state index < -0.39 is 0 Å². The first-order valence-corrected chi connectivity index (χ1v) is 11.2. The minimum atomic E-state index is -0.165. The SMILES string of the molecule is CC(C)CN(CC(=O)N(Cc1ccccc1)Cc1cccn1C)C(=O)c1ccc(Cl)cc1. The van der Waals surface area contributed by atoms with Gasteiger partial charge in [-0.2, -0.15) is 0 Å². The van der Waals surface area contributed by atoms with Crippen molar-refractivity contribution in [3.63, 3.8) is 0 Å². The van der Waals surface area contributed by atoms with Crippen LogP contribution in [0.1, 0.15) is 35.5 Å². The zero-order valence-electron chi connectivity index (χ0n) is 18.9. The highest BCUT2D eigenvalue weighted by Gasteiger charge is 2.24. The second kappa shape index (κ2) is 11.0. The number of carbonyl (C=O) groups excluding carboxylic acids is 2. The highest BCUT2D eigenvalue weighted by Crippen LogP contribution is 2.15. The second-order valence-corrected chi connectivity index (χ2v) is 8.87. The first kappa shape index (κ1) is 23.6. The molecule has 168 valence electrons. The lowest BCUT2D eigenvalue weighted by Gasteiger charge is -2.29. The van der Waals surface area contributed by atoms with E-state index in [4.69, 9.17) is 11.6 Å². The largest absolute Gasteiger partial charge is 0.353 e.